The largest absolute Gasteiger partial charge is 0.376 e. The summed E-state index contributed by atoms with van der Waals surface area (Å²) < 4.78 is 5.81. The molecule has 2 atom stereocenters. The molecule has 0 bridgehead atoms. The average Bonchev–Trinajstić information content (AvgIpc) is 3.33. The first-order valence-electron chi connectivity index (χ1n) is 9.48. The van der Waals surface area contributed by atoms with Gasteiger partial charge in [-0.3, -0.25) is 4.79 Å². The van der Waals surface area contributed by atoms with Crippen LogP contribution in [0.2, 0.25) is 0 Å². The van der Waals surface area contributed by atoms with Gasteiger partial charge in [-0.15, -0.1) is 24.0 Å². The van der Waals surface area contributed by atoms with E-state index in [4.69, 9.17) is 4.74 Å². The quantitative estimate of drug-likeness (QED) is 0.384. The van der Waals surface area contributed by atoms with Crippen LogP contribution < -0.4 is 5.32 Å². The third-order valence-corrected chi connectivity index (χ3v) is 5.44. The molecule has 3 aliphatic rings. The lowest BCUT2D eigenvalue weighted by Crippen LogP contribution is -2.45. The number of halogens is 1. The standard InChI is InChI=1S/C18H32N4O2.HI/c1-21(2)17(23)12-20-18(19-11-16-5-3-4-10-24-16)22-9-8-15(13-22)14-6-7-14;/h14-16H,3-13H2,1-2H3,(H,19,20);1H. The van der Waals surface area contributed by atoms with Gasteiger partial charge in [-0.1, -0.05) is 0 Å². The lowest BCUT2D eigenvalue weighted by molar-refractivity contribution is -0.127. The van der Waals surface area contributed by atoms with Crippen molar-refractivity contribution in [2.24, 2.45) is 16.8 Å². The van der Waals surface area contributed by atoms with Gasteiger partial charge in [0.1, 0.15) is 6.54 Å². The molecular formula is C18H33IN4O2. The van der Waals surface area contributed by atoms with Gasteiger partial charge in [0.2, 0.25) is 5.91 Å². The lowest BCUT2D eigenvalue weighted by Gasteiger charge is -2.27. The predicted molar refractivity (Wildman–Crippen MR) is 110 cm³/mol. The van der Waals surface area contributed by atoms with Crippen molar-refractivity contribution < 1.29 is 9.53 Å². The third kappa shape index (κ3) is 6.27. The number of ether oxygens (including phenoxy) is 1. The Morgan fingerprint density at radius 3 is 2.64 bits per heavy atom. The molecule has 3 fully saturated rings. The Balaban J connectivity index is 0.00000225. The molecule has 144 valence electrons. The van der Waals surface area contributed by atoms with Crippen LogP contribution in [0.15, 0.2) is 4.99 Å². The van der Waals surface area contributed by atoms with Gasteiger partial charge in [0.25, 0.3) is 0 Å². The number of guanidine groups is 1. The Labute approximate surface area is 168 Å². The molecule has 0 aromatic heterocycles. The highest BCUT2D eigenvalue weighted by Gasteiger charge is 2.36. The molecular weight excluding hydrogens is 431 g/mol. The zero-order valence-electron chi connectivity index (χ0n) is 15.6. The number of likely N-dealkylation sites (tertiary alicyclic amines) is 1. The Morgan fingerprint density at radius 1 is 1.20 bits per heavy atom. The molecule has 0 spiro atoms. The number of hydrogen-bond donors (Lipinski definition) is 1. The number of nitrogens with zero attached hydrogens (tertiary/aromatic N) is 3. The summed E-state index contributed by atoms with van der Waals surface area (Å²) in [6.07, 6.45) is 7.85. The Morgan fingerprint density at radius 2 is 2.00 bits per heavy atom. The fraction of sp³-hybridized carbons (Fsp3) is 0.889. The Hall–Kier alpha value is -0.570. The summed E-state index contributed by atoms with van der Waals surface area (Å²) in [6, 6.07) is 0. The SMILES string of the molecule is CN(C)C(=O)CN=C(NCC1CCCCO1)N1CCC(C2CC2)C1.I. The van der Waals surface area contributed by atoms with Crippen LogP contribution in [0.3, 0.4) is 0 Å². The molecule has 6 nitrogen and oxygen atoms in total. The highest BCUT2D eigenvalue weighted by molar-refractivity contribution is 14.0. The minimum absolute atomic E-state index is 0. The van der Waals surface area contributed by atoms with Crippen molar-refractivity contribution in [2.45, 2.75) is 44.6 Å². The summed E-state index contributed by atoms with van der Waals surface area (Å²) in [5.41, 5.74) is 0. The van der Waals surface area contributed by atoms with E-state index in [-0.39, 0.29) is 42.5 Å². The molecule has 2 saturated heterocycles. The molecule has 0 aromatic carbocycles. The van der Waals surface area contributed by atoms with Crippen molar-refractivity contribution in [1.82, 2.24) is 15.1 Å². The van der Waals surface area contributed by atoms with Crippen molar-refractivity contribution in [1.29, 1.82) is 0 Å². The van der Waals surface area contributed by atoms with Crippen LogP contribution in [0, 0.1) is 11.8 Å². The average molecular weight is 464 g/mol. The number of nitrogens with one attached hydrogen (secondary N) is 1. The van der Waals surface area contributed by atoms with Crippen molar-refractivity contribution in [3.05, 3.63) is 0 Å². The van der Waals surface area contributed by atoms with Gasteiger partial charge >= 0.3 is 0 Å². The second-order valence-corrected chi connectivity index (χ2v) is 7.63. The molecule has 1 amide bonds. The molecule has 1 saturated carbocycles. The number of carbonyl (C=O) groups is 1. The number of hydrogen-bond acceptors (Lipinski definition) is 3. The van der Waals surface area contributed by atoms with Crippen LogP contribution in [-0.4, -0.2) is 74.7 Å². The van der Waals surface area contributed by atoms with Gasteiger partial charge in [0.05, 0.1) is 6.10 Å². The van der Waals surface area contributed by atoms with E-state index in [1.54, 1.807) is 19.0 Å². The fourth-order valence-corrected chi connectivity index (χ4v) is 3.66. The van der Waals surface area contributed by atoms with E-state index in [1.807, 2.05) is 0 Å². The highest BCUT2D eigenvalue weighted by atomic mass is 127. The second-order valence-electron chi connectivity index (χ2n) is 7.63. The van der Waals surface area contributed by atoms with Crippen LogP contribution >= 0.6 is 24.0 Å². The summed E-state index contributed by atoms with van der Waals surface area (Å²) in [5.74, 6) is 2.68. The van der Waals surface area contributed by atoms with Crippen LogP contribution in [-0.2, 0) is 9.53 Å². The molecule has 1 N–H and O–H groups in total. The van der Waals surface area contributed by atoms with Crippen LogP contribution in [0.5, 0.6) is 0 Å². The highest BCUT2D eigenvalue weighted by Crippen LogP contribution is 2.41. The number of rotatable bonds is 5. The van der Waals surface area contributed by atoms with Gasteiger partial charge in [-0.25, -0.2) is 4.99 Å². The summed E-state index contributed by atoms with van der Waals surface area (Å²) >= 11 is 0. The molecule has 7 heteroatoms. The minimum atomic E-state index is 0. The Kier molecular flexibility index (Phi) is 8.25. The van der Waals surface area contributed by atoms with Crippen LogP contribution in [0.25, 0.3) is 0 Å². The summed E-state index contributed by atoms with van der Waals surface area (Å²) in [4.78, 5) is 20.5. The predicted octanol–water partition coefficient (Wildman–Crippen LogP) is 1.94. The molecule has 1 aliphatic carbocycles. The number of carbonyl (C=O) groups excluding carboxylic acids is 1. The molecule has 3 rings (SSSR count). The van der Waals surface area contributed by atoms with E-state index in [1.165, 1.54) is 32.1 Å². The van der Waals surface area contributed by atoms with Crippen molar-refractivity contribution in [3.63, 3.8) is 0 Å². The zero-order chi connectivity index (χ0) is 16.9. The minimum Gasteiger partial charge on any atom is -0.376 e. The lowest BCUT2D eigenvalue weighted by atomic mass is 10.0. The maximum atomic E-state index is 11.9. The van der Waals surface area contributed by atoms with Crippen LogP contribution in [0.1, 0.15) is 38.5 Å². The monoisotopic (exact) mass is 464 g/mol. The van der Waals surface area contributed by atoms with Gasteiger partial charge in [0.15, 0.2) is 5.96 Å². The van der Waals surface area contributed by atoms with Gasteiger partial charge in [-0.05, 0) is 50.4 Å². The third-order valence-electron chi connectivity index (χ3n) is 5.44. The number of amides is 1. The van der Waals surface area contributed by atoms with Crippen molar-refractivity contribution in [3.8, 4) is 0 Å². The van der Waals surface area contributed by atoms with Crippen molar-refractivity contribution in [2.75, 3.05) is 46.9 Å². The first-order chi connectivity index (χ1) is 11.6. The van der Waals surface area contributed by atoms with Gasteiger partial charge in [0, 0.05) is 40.3 Å². The summed E-state index contributed by atoms with van der Waals surface area (Å²) in [5, 5.41) is 3.49. The first-order valence-corrected chi connectivity index (χ1v) is 9.48. The maximum absolute atomic E-state index is 11.9. The van der Waals surface area contributed by atoms with Crippen LogP contribution in [0.4, 0.5) is 0 Å². The molecule has 2 heterocycles. The number of likely N-dealkylation sites (N-methyl/N-ethyl adjacent to an activating group) is 1. The second kappa shape index (κ2) is 9.94. The van der Waals surface area contributed by atoms with Gasteiger partial charge < -0.3 is 19.9 Å². The van der Waals surface area contributed by atoms with E-state index in [9.17, 15) is 4.79 Å². The normalized spacial score (nSPS) is 27.0. The Bertz CT molecular complexity index is 462. The molecule has 25 heavy (non-hydrogen) atoms. The number of aliphatic imine (C=N–C) groups is 1. The van der Waals surface area contributed by atoms with E-state index in [2.05, 4.69) is 15.2 Å². The zero-order valence-corrected chi connectivity index (χ0v) is 17.9. The molecule has 0 aromatic rings. The van der Waals surface area contributed by atoms with E-state index in [0.29, 0.717) is 0 Å². The maximum Gasteiger partial charge on any atom is 0.243 e. The summed E-state index contributed by atoms with van der Waals surface area (Å²) in [6.45, 7) is 4.00. The van der Waals surface area contributed by atoms with E-state index in [0.717, 1.165) is 50.5 Å². The fourth-order valence-electron chi connectivity index (χ4n) is 3.66. The molecule has 2 aliphatic heterocycles. The summed E-state index contributed by atoms with van der Waals surface area (Å²) in [7, 11) is 3.56. The smallest absolute Gasteiger partial charge is 0.243 e. The van der Waals surface area contributed by atoms with E-state index < -0.39 is 0 Å². The van der Waals surface area contributed by atoms with Crippen molar-refractivity contribution >= 4 is 35.8 Å². The topological polar surface area (TPSA) is 57.2 Å². The first kappa shape index (κ1) is 20.7. The van der Waals surface area contributed by atoms with E-state index >= 15 is 0 Å². The molecule has 2 unspecified atom stereocenters. The van der Waals surface area contributed by atoms with Gasteiger partial charge in [-0.2, -0.15) is 0 Å². The molecule has 0 radical (unpaired) electrons.